The molecule has 4 nitrogen and oxygen atoms in total. The van der Waals surface area contributed by atoms with Crippen molar-refractivity contribution in [3.05, 3.63) is 29.8 Å². The number of nitrogens with one attached hydrogen (secondary N) is 1. The van der Waals surface area contributed by atoms with E-state index in [0.717, 1.165) is 51.2 Å². The second-order valence-corrected chi connectivity index (χ2v) is 6.18. The third-order valence-electron chi connectivity index (χ3n) is 4.74. The second-order valence-electron chi connectivity index (χ2n) is 6.18. The first-order chi connectivity index (χ1) is 10.3. The van der Waals surface area contributed by atoms with E-state index in [9.17, 15) is 4.79 Å². The van der Waals surface area contributed by atoms with E-state index in [1.54, 1.807) is 7.11 Å². The summed E-state index contributed by atoms with van der Waals surface area (Å²) in [6.45, 7) is 3.58. The van der Waals surface area contributed by atoms with Crippen LogP contribution in [0.1, 0.15) is 18.4 Å². The average Bonchev–Trinajstić information content (AvgIpc) is 2.47. The van der Waals surface area contributed by atoms with Crippen molar-refractivity contribution in [1.82, 2.24) is 10.2 Å². The van der Waals surface area contributed by atoms with Crippen molar-refractivity contribution in [3.8, 4) is 5.75 Å². The van der Waals surface area contributed by atoms with E-state index in [1.165, 1.54) is 5.56 Å². The van der Waals surface area contributed by atoms with Crippen LogP contribution < -0.4 is 10.1 Å². The van der Waals surface area contributed by atoms with E-state index >= 15 is 0 Å². The lowest BCUT2D eigenvalue weighted by Gasteiger charge is -2.37. The van der Waals surface area contributed by atoms with Gasteiger partial charge in [-0.2, -0.15) is 0 Å². The number of nitrogens with zero attached hydrogens (tertiary/aromatic N) is 1. The number of ether oxygens (including phenoxy) is 1. The Labute approximate surface area is 138 Å². The van der Waals surface area contributed by atoms with E-state index in [-0.39, 0.29) is 18.3 Å². The minimum absolute atomic E-state index is 0. The largest absolute Gasteiger partial charge is 0.497 e. The molecule has 0 atom stereocenters. The van der Waals surface area contributed by atoms with E-state index in [0.29, 0.717) is 11.8 Å². The van der Waals surface area contributed by atoms with Crippen molar-refractivity contribution < 1.29 is 9.53 Å². The number of hydrogen-bond acceptors (Lipinski definition) is 3. The lowest BCUT2D eigenvalue weighted by Crippen LogP contribution is -2.53. The van der Waals surface area contributed by atoms with Gasteiger partial charge in [0.2, 0.25) is 5.91 Å². The van der Waals surface area contributed by atoms with Gasteiger partial charge in [0, 0.05) is 26.2 Å². The Hall–Kier alpha value is -1.26. The van der Waals surface area contributed by atoms with Crippen molar-refractivity contribution in [2.24, 2.45) is 11.8 Å². The molecule has 22 heavy (non-hydrogen) atoms. The summed E-state index contributed by atoms with van der Waals surface area (Å²) < 4.78 is 5.19. The molecule has 2 fully saturated rings. The number of benzene rings is 1. The van der Waals surface area contributed by atoms with E-state index in [4.69, 9.17) is 4.74 Å². The molecule has 1 amide bonds. The molecule has 5 heteroatoms. The minimum atomic E-state index is 0. The summed E-state index contributed by atoms with van der Waals surface area (Å²) in [5, 5.41) is 3.17. The highest BCUT2D eigenvalue weighted by atomic mass is 35.5. The quantitative estimate of drug-likeness (QED) is 0.922. The smallest absolute Gasteiger partial charge is 0.228 e. The molecule has 1 aromatic carbocycles. The van der Waals surface area contributed by atoms with Gasteiger partial charge in [0.25, 0.3) is 0 Å². The molecule has 0 unspecified atom stereocenters. The van der Waals surface area contributed by atoms with Gasteiger partial charge in [-0.15, -0.1) is 12.4 Å². The van der Waals surface area contributed by atoms with Crippen LogP contribution in [0, 0.1) is 11.8 Å². The van der Waals surface area contributed by atoms with Crippen molar-refractivity contribution in [3.63, 3.8) is 0 Å². The number of piperidine rings is 1. The van der Waals surface area contributed by atoms with Crippen molar-refractivity contribution in [2.75, 3.05) is 33.3 Å². The molecule has 2 heterocycles. The fraction of sp³-hybridized carbons (Fsp3) is 0.588. The molecule has 0 aliphatic carbocycles. The van der Waals surface area contributed by atoms with Crippen molar-refractivity contribution in [1.29, 1.82) is 0 Å². The van der Waals surface area contributed by atoms with Gasteiger partial charge in [0.1, 0.15) is 5.75 Å². The number of hydrogen-bond donors (Lipinski definition) is 1. The van der Waals surface area contributed by atoms with Crippen LogP contribution in [-0.2, 0) is 11.2 Å². The Morgan fingerprint density at radius 3 is 2.36 bits per heavy atom. The third kappa shape index (κ3) is 3.93. The summed E-state index contributed by atoms with van der Waals surface area (Å²) in [6.07, 6.45) is 3.35. The van der Waals surface area contributed by atoms with Crippen LogP contribution in [0.3, 0.4) is 0 Å². The van der Waals surface area contributed by atoms with Crippen LogP contribution in [0.2, 0.25) is 0 Å². The molecular formula is C17H25ClN2O2. The normalized spacial score (nSPS) is 19.2. The van der Waals surface area contributed by atoms with Crippen molar-refractivity contribution >= 4 is 18.3 Å². The first-order valence-corrected chi connectivity index (χ1v) is 7.88. The molecular weight excluding hydrogens is 300 g/mol. The lowest BCUT2D eigenvalue weighted by molar-refractivity contribution is -0.138. The summed E-state index contributed by atoms with van der Waals surface area (Å²) in [5.74, 6) is 2.20. The number of amides is 1. The van der Waals surface area contributed by atoms with Crippen LogP contribution in [0.5, 0.6) is 5.75 Å². The van der Waals surface area contributed by atoms with Gasteiger partial charge < -0.3 is 15.0 Å². The van der Waals surface area contributed by atoms with Gasteiger partial charge >= 0.3 is 0 Å². The van der Waals surface area contributed by atoms with Crippen LogP contribution in [0.25, 0.3) is 0 Å². The molecule has 1 N–H and O–H groups in total. The molecule has 122 valence electrons. The maximum Gasteiger partial charge on any atom is 0.228 e. The number of likely N-dealkylation sites (tertiary alicyclic amines) is 1. The van der Waals surface area contributed by atoms with Gasteiger partial charge in [-0.05, 0) is 42.9 Å². The zero-order valence-corrected chi connectivity index (χ0v) is 13.9. The van der Waals surface area contributed by atoms with Gasteiger partial charge in [-0.25, -0.2) is 0 Å². The molecule has 0 aromatic heterocycles. The van der Waals surface area contributed by atoms with E-state index in [2.05, 4.69) is 22.3 Å². The Balaban J connectivity index is 0.00000176. The highest BCUT2D eigenvalue weighted by molar-refractivity contribution is 5.85. The SMILES string of the molecule is COc1ccc(CC2CCN(C(=O)C3CNC3)CC2)cc1.Cl. The summed E-state index contributed by atoms with van der Waals surface area (Å²) in [6, 6.07) is 8.35. The fourth-order valence-electron chi connectivity index (χ4n) is 3.17. The molecule has 0 bridgehead atoms. The zero-order chi connectivity index (χ0) is 14.7. The lowest BCUT2D eigenvalue weighted by atomic mass is 9.89. The molecule has 1 aromatic rings. The fourth-order valence-corrected chi connectivity index (χ4v) is 3.17. The monoisotopic (exact) mass is 324 g/mol. The van der Waals surface area contributed by atoms with E-state index < -0.39 is 0 Å². The van der Waals surface area contributed by atoms with Crippen LogP contribution >= 0.6 is 12.4 Å². The number of carbonyl (C=O) groups excluding carboxylic acids is 1. The van der Waals surface area contributed by atoms with Crippen LogP contribution in [0.15, 0.2) is 24.3 Å². The van der Waals surface area contributed by atoms with Gasteiger partial charge in [0.05, 0.1) is 13.0 Å². The first kappa shape index (κ1) is 17.1. The van der Waals surface area contributed by atoms with Crippen LogP contribution in [-0.4, -0.2) is 44.1 Å². The standard InChI is InChI=1S/C17H24N2O2.ClH/c1-21-16-4-2-13(3-5-16)10-14-6-8-19(9-7-14)17(20)15-11-18-12-15;/h2-5,14-15,18H,6-12H2,1H3;1H. The van der Waals surface area contributed by atoms with E-state index in [1.807, 2.05) is 12.1 Å². The van der Waals surface area contributed by atoms with Gasteiger partial charge in [0.15, 0.2) is 0 Å². The summed E-state index contributed by atoms with van der Waals surface area (Å²) in [4.78, 5) is 14.3. The Bertz CT molecular complexity index is 480. The Morgan fingerprint density at radius 2 is 1.86 bits per heavy atom. The highest BCUT2D eigenvalue weighted by Gasteiger charge is 2.31. The molecule has 2 aliphatic rings. The van der Waals surface area contributed by atoms with Gasteiger partial charge in [-0.1, -0.05) is 12.1 Å². The maximum absolute atomic E-state index is 12.2. The summed E-state index contributed by atoms with van der Waals surface area (Å²) in [5.41, 5.74) is 1.36. The first-order valence-electron chi connectivity index (χ1n) is 7.88. The molecule has 0 radical (unpaired) electrons. The van der Waals surface area contributed by atoms with Gasteiger partial charge in [-0.3, -0.25) is 4.79 Å². The van der Waals surface area contributed by atoms with Crippen LogP contribution in [0.4, 0.5) is 0 Å². The molecule has 2 saturated heterocycles. The summed E-state index contributed by atoms with van der Waals surface area (Å²) >= 11 is 0. The Morgan fingerprint density at radius 1 is 1.23 bits per heavy atom. The van der Waals surface area contributed by atoms with Crippen molar-refractivity contribution in [2.45, 2.75) is 19.3 Å². The number of carbonyl (C=O) groups is 1. The molecule has 2 aliphatic heterocycles. The maximum atomic E-state index is 12.2. The third-order valence-corrected chi connectivity index (χ3v) is 4.74. The highest BCUT2D eigenvalue weighted by Crippen LogP contribution is 2.24. The minimum Gasteiger partial charge on any atom is -0.497 e. The predicted octanol–water partition coefficient (Wildman–Crippen LogP) is 2.12. The topological polar surface area (TPSA) is 41.6 Å². The number of rotatable bonds is 4. The summed E-state index contributed by atoms with van der Waals surface area (Å²) in [7, 11) is 1.69. The molecule has 0 spiro atoms. The zero-order valence-electron chi connectivity index (χ0n) is 13.1. The average molecular weight is 325 g/mol. The Kier molecular flexibility index (Phi) is 6.09. The number of halogens is 1. The number of methoxy groups -OCH3 is 1. The molecule has 3 rings (SSSR count). The predicted molar refractivity (Wildman–Crippen MR) is 89.6 cm³/mol. The molecule has 0 saturated carbocycles. The second kappa shape index (κ2) is 7.84.